The predicted octanol–water partition coefficient (Wildman–Crippen LogP) is -1.20. The number of rotatable bonds is 5. The molecule has 4 N–H and O–H groups in total. The Balaban J connectivity index is 3.99. The molecule has 0 aromatic heterocycles. The van der Waals surface area contributed by atoms with Crippen LogP contribution in [0, 0.1) is 0 Å². The van der Waals surface area contributed by atoms with Crippen LogP contribution in [0.3, 0.4) is 0 Å². The van der Waals surface area contributed by atoms with E-state index in [0.717, 1.165) is 6.92 Å². The van der Waals surface area contributed by atoms with Gasteiger partial charge in [-0.05, 0) is 6.92 Å². The Labute approximate surface area is 79.5 Å². The number of carboxylic acid groups (broad SMARTS) is 2. The van der Waals surface area contributed by atoms with Gasteiger partial charge < -0.3 is 20.7 Å². The van der Waals surface area contributed by atoms with Crippen LogP contribution in [0.5, 0.6) is 0 Å². The van der Waals surface area contributed by atoms with Gasteiger partial charge in [-0.25, -0.2) is 4.79 Å². The van der Waals surface area contributed by atoms with E-state index >= 15 is 0 Å². The van der Waals surface area contributed by atoms with Crippen molar-refractivity contribution in [2.75, 3.05) is 0 Å². The molecule has 0 amide bonds. The van der Waals surface area contributed by atoms with Crippen molar-refractivity contribution in [2.24, 2.45) is 5.73 Å². The van der Waals surface area contributed by atoms with Gasteiger partial charge in [-0.3, -0.25) is 9.59 Å². The SMILES string of the molecule is CC(OC(=O)C[C@H](N)C(=O)O)C(=O)O. The van der Waals surface area contributed by atoms with Gasteiger partial charge >= 0.3 is 17.9 Å². The summed E-state index contributed by atoms with van der Waals surface area (Å²) < 4.78 is 4.35. The molecular formula is C7H11NO6. The molecule has 0 aliphatic heterocycles. The van der Waals surface area contributed by atoms with Gasteiger partial charge in [0.05, 0.1) is 6.42 Å². The number of ether oxygens (including phenoxy) is 1. The van der Waals surface area contributed by atoms with Gasteiger partial charge in [-0.15, -0.1) is 0 Å². The molecule has 0 saturated heterocycles. The van der Waals surface area contributed by atoms with E-state index in [1.165, 1.54) is 0 Å². The monoisotopic (exact) mass is 205 g/mol. The predicted molar refractivity (Wildman–Crippen MR) is 43.4 cm³/mol. The van der Waals surface area contributed by atoms with Crippen molar-refractivity contribution >= 4 is 17.9 Å². The molecule has 7 heteroatoms. The van der Waals surface area contributed by atoms with E-state index in [0.29, 0.717) is 0 Å². The molecule has 0 heterocycles. The van der Waals surface area contributed by atoms with Crippen LogP contribution in [0.15, 0.2) is 0 Å². The minimum atomic E-state index is -1.37. The molecule has 80 valence electrons. The second-order valence-electron chi connectivity index (χ2n) is 2.62. The average molecular weight is 205 g/mol. The van der Waals surface area contributed by atoms with Crippen molar-refractivity contribution in [2.45, 2.75) is 25.5 Å². The summed E-state index contributed by atoms with van der Waals surface area (Å²) in [6, 6.07) is -1.37. The summed E-state index contributed by atoms with van der Waals surface area (Å²) >= 11 is 0. The number of carboxylic acids is 2. The highest BCUT2D eigenvalue weighted by molar-refractivity contribution is 5.83. The minimum absolute atomic E-state index is 0.549. The zero-order chi connectivity index (χ0) is 11.3. The van der Waals surface area contributed by atoms with Crippen molar-refractivity contribution in [3.05, 3.63) is 0 Å². The molecule has 2 atom stereocenters. The van der Waals surface area contributed by atoms with E-state index in [2.05, 4.69) is 4.74 Å². The Morgan fingerprint density at radius 2 is 1.79 bits per heavy atom. The summed E-state index contributed by atoms with van der Waals surface area (Å²) in [4.78, 5) is 31.3. The van der Waals surface area contributed by atoms with Gasteiger partial charge in [0, 0.05) is 0 Å². The van der Waals surface area contributed by atoms with Crippen LogP contribution in [-0.4, -0.2) is 40.3 Å². The number of hydrogen-bond donors (Lipinski definition) is 3. The van der Waals surface area contributed by atoms with Crippen molar-refractivity contribution < 1.29 is 29.3 Å². The average Bonchev–Trinajstić information content (AvgIpc) is 2.03. The largest absolute Gasteiger partial charge is 0.480 e. The number of carbonyl (C=O) groups excluding carboxylic acids is 1. The first-order valence-electron chi connectivity index (χ1n) is 3.75. The normalized spacial score (nSPS) is 14.1. The first kappa shape index (κ1) is 12.4. The van der Waals surface area contributed by atoms with Crippen LogP contribution in [0.4, 0.5) is 0 Å². The molecular weight excluding hydrogens is 194 g/mol. The van der Waals surface area contributed by atoms with Crippen LogP contribution in [-0.2, 0) is 19.1 Å². The molecule has 14 heavy (non-hydrogen) atoms. The van der Waals surface area contributed by atoms with Crippen LogP contribution in [0.25, 0.3) is 0 Å². The van der Waals surface area contributed by atoms with Gasteiger partial charge in [0.1, 0.15) is 6.04 Å². The van der Waals surface area contributed by atoms with E-state index in [4.69, 9.17) is 15.9 Å². The molecule has 0 aromatic rings. The molecule has 0 aliphatic carbocycles. The zero-order valence-corrected chi connectivity index (χ0v) is 7.47. The van der Waals surface area contributed by atoms with Crippen LogP contribution >= 0.6 is 0 Å². The standard InChI is InChI=1S/C7H11NO6/c1-3(6(10)11)14-5(9)2-4(8)7(12)13/h3-4H,2,8H2,1H3,(H,10,11)(H,12,13)/t3?,4-/m0/s1. The molecule has 0 saturated carbocycles. The lowest BCUT2D eigenvalue weighted by Crippen LogP contribution is -2.34. The lowest BCUT2D eigenvalue weighted by molar-refractivity contribution is -0.163. The van der Waals surface area contributed by atoms with E-state index in [1.54, 1.807) is 0 Å². The third kappa shape index (κ3) is 4.41. The van der Waals surface area contributed by atoms with Gasteiger partial charge in [0.2, 0.25) is 0 Å². The zero-order valence-electron chi connectivity index (χ0n) is 7.47. The quantitative estimate of drug-likeness (QED) is 0.481. The Hall–Kier alpha value is -1.63. The number of carbonyl (C=O) groups is 3. The van der Waals surface area contributed by atoms with Crippen molar-refractivity contribution in [3.8, 4) is 0 Å². The fourth-order valence-corrected chi connectivity index (χ4v) is 0.563. The van der Waals surface area contributed by atoms with E-state index < -0.39 is 36.5 Å². The number of esters is 1. The molecule has 1 unspecified atom stereocenters. The van der Waals surface area contributed by atoms with Gasteiger partial charge in [0.15, 0.2) is 6.10 Å². The Kier molecular flexibility index (Phi) is 4.57. The first-order chi connectivity index (χ1) is 6.34. The van der Waals surface area contributed by atoms with E-state index in [9.17, 15) is 14.4 Å². The maximum Gasteiger partial charge on any atom is 0.344 e. The van der Waals surface area contributed by atoms with E-state index in [-0.39, 0.29) is 0 Å². The summed E-state index contributed by atoms with van der Waals surface area (Å²) in [5.41, 5.74) is 5.02. The van der Waals surface area contributed by atoms with Crippen LogP contribution in [0.2, 0.25) is 0 Å². The lowest BCUT2D eigenvalue weighted by Gasteiger charge is -2.09. The summed E-state index contributed by atoms with van der Waals surface area (Å²) in [7, 11) is 0. The van der Waals surface area contributed by atoms with Crippen molar-refractivity contribution in [3.63, 3.8) is 0 Å². The fourth-order valence-electron chi connectivity index (χ4n) is 0.563. The summed E-state index contributed by atoms with van der Waals surface area (Å²) in [5, 5.41) is 16.7. The molecule has 0 fully saturated rings. The molecule has 0 radical (unpaired) electrons. The molecule has 0 bridgehead atoms. The third-order valence-electron chi connectivity index (χ3n) is 1.36. The summed E-state index contributed by atoms with van der Waals surface area (Å²) in [5.74, 6) is -3.60. The van der Waals surface area contributed by atoms with Gasteiger partial charge in [-0.2, -0.15) is 0 Å². The maximum absolute atomic E-state index is 10.8. The highest BCUT2D eigenvalue weighted by atomic mass is 16.6. The Bertz CT molecular complexity index is 227. The van der Waals surface area contributed by atoms with Crippen LogP contribution < -0.4 is 5.73 Å². The second kappa shape index (κ2) is 5.18. The molecule has 7 nitrogen and oxygen atoms in total. The number of aliphatic carboxylic acids is 2. The van der Waals surface area contributed by atoms with Crippen LogP contribution in [0.1, 0.15) is 13.3 Å². The Morgan fingerprint density at radius 1 is 1.29 bits per heavy atom. The van der Waals surface area contributed by atoms with Gasteiger partial charge in [0.25, 0.3) is 0 Å². The highest BCUT2D eigenvalue weighted by Crippen LogP contribution is 1.97. The first-order valence-corrected chi connectivity index (χ1v) is 3.75. The Morgan fingerprint density at radius 3 is 2.14 bits per heavy atom. The molecule has 0 rings (SSSR count). The van der Waals surface area contributed by atoms with Gasteiger partial charge in [-0.1, -0.05) is 0 Å². The topological polar surface area (TPSA) is 127 Å². The number of hydrogen-bond acceptors (Lipinski definition) is 5. The second-order valence-corrected chi connectivity index (χ2v) is 2.62. The third-order valence-corrected chi connectivity index (χ3v) is 1.36. The van der Waals surface area contributed by atoms with E-state index in [1.807, 2.05) is 0 Å². The van der Waals surface area contributed by atoms with Crippen molar-refractivity contribution in [1.29, 1.82) is 0 Å². The molecule has 0 aliphatic rings. The molecule has 0 aromatic carbocycles. The minimum Gasteiger partial charge on any atom is -0.480 e. The highest BCUT2D eigenvalue weighted by Gasteiger charge is 2.21. The fraction of sp³-hybridized carbons (Fsp3) is 0.571. The van der Waals surface area contributed by atoms with Crippen molar-refractivity contribution in [1.82, 2.24) is 0 Å². The summed E-state index contributed by atoms with van der Waals surface area (Å²) in [6.07, 6.45) is -1.85. The number of nitrogens with two attached hydrogens (primary N) is 1. The molecule has 0 spiro atoms. The summed E-state index contributed by atoms with van der Waals surface area (Å²) in [6.45, 7) is 1.16. The maximum atomic E-state index is 10.8. The lowest BCUT2D eigenvalue weighted by atomic mass is 10.2. The smallest absolute Gasteiger partial charge is 0.344 e.